The number of hydrogen-bond donors (Lipinski definition) is 1. The highest BCUT2D eigenvalue weighted by molar-refractivity contribution is 8.13. The Hall–Kier alpha value is -1.27. The zero-order valence-corrected chi connectivity index (χ0v) is 8.19. The molecule has 1 N–H and O–H groups in total. The van der Waals surface area contributed by atoms with Crippen molar-refractivity contribution in [2.75, 3.05) is 0 Å². The highest BCUT2D eigenvalue weighted by atomic mass is 32.2. The lowest BCUT2D eigenvalue weighted by Crippen LogP contribution is -1.84. The summed E-state index contributed by atoms with van der Waals surface area (Å²) < 4.78 is 0. The summed E-state index contributed by atoms with van der Waals surface area (Å²) in [5.41, 5.74) is 1.83. The summed E-state index contributed by atoms with van der Waals surface area (Å²) in [6.07, 6.45) is 0. The Balaban J connectivity index is 2.60. The van der Waals surface area contributed by atoms with Crippen LogP contribution < -0.4 is 0 Å². The van der Waals surface area contributed by atoms with Crippen molar-refractivity contribution in [1.29, 1.82) is 10.7 Å². The van der Waals surface area contributed by atoms with E-state index in [1.165, 1.54) is 11.8 Å². The molecule has 0 unspecified atom stereocenters. The zero-order chi connectivity index (χ0) is 9.68. The van der Waals surface area contributed by atoms with Crippen molar-refractivity contribution in [2.24, 2.45) is 0 Å². The van der Waals surface area contributed by atoms with E-state index < -0.39 is 0 Å². The minimum Gasteiger partial charge on any atom is -0.299 e. The van der Waals surface area contributed by atoms with Crippen molar-refractivity contribution >= 4 is 16.8 Å². The van der Waals surface area contributed by atoms with Crippen molar-refractivity contribution in [1.82, 2.24) is 0 Å². The lowest BCUT2D eigenvalue weighted by molar-refractivity contribution is 1.39. The molecule has 0 aliphatic carbocycles. The third kappa shape index (κ3) is 3.30. The molecule has 1 aromatic rings. The van der Waals surface area contributed by atoms with Gasteiger partial charge in [-0.25, -0.2) is 0 Å². The van der Waals surface area contributed by atoms with Crippen molar-refractivity contribution in [3.63, 3.8) is 0 Å². The van der Waals surface area contributed by atoms with Crippen molar-refractivity contribution in [3.05, 3.63) is 35.4 Å². The Morgan fingerprint density at radius 2 is 2.08 bits per heavy atom. The van der Waals surface area contributed by atoms with E-state index in [0.29, 0.717) is 10.6 Å². The van der Waals surface area contributed by atoms with Crippen LogP contribution in [0.3, 0.4) is 0 Å². The Morgan fingerprint density at radius 1 is 1.46 bits per heavy atom. The highest BCUT2D eigenvalue weighted by Crippen LogP contribution is 2.13. The van der Waals surface area contributed by atoms with Gasteiger partial charge in [-0.2, -0.15) is 5.26 Å². The molecule has 0 bridgehead atoms. The maximum absolute atomic E-state index is 8.56. The molecular weight excluding hydrogens is 180 g/mol. The van der Waals surface area contributed by atoms with Gasteiger partial charge in [0.1, 0.15) is 0 Å². The van der Waals surface area contributed by atoms with Crippen molar-refractivity contribution < 1.29 is 0 Å². The Bertz CT molecular complexity index is 335. The first kappa shape index (κ1) is 9.82. The first-order valence-corrected chi connectivity index (χ1v) is 4.88. The van der Waals surface area contributed by atoms with Crippen molar-refractivity contribution in [2.45, 2.75) is 12.7 Å². The summed E-state index contributed by atoms with van der Waals surface area (Å²) >= 11 is 1.50. The van der Waals surface area contributed by atoms with Crippen LogP contribution >= 0.6 is 11.8 Å². The molecule has 13 heavy (non-hydrogen) atoms. The smallest absolute Gasteiger partial charge is 0.0991 e. The van der Waals surface area contributed by atoms with Gasteiger partial charge in [0.2, 0.25) is 0 Å². The number of nitriles is 1. The van der Waals surface area contributed by atoms with E-state index in [1.807, 2.05) is 12.1 Å². The van der Waals surface area contributed by atoms with E-state index in [-0.39, 0.29) is 0 Å². The van der Waals surface area contributed by atoms with Crippen LogP contribution in [0.4, 0.5) is 0 Å². The lowest BCUT2D eigenvalue weighted by Gasteiger charge is -1.99. The molecule has 0 radical (unpaired) electrons. The Morgan fingerprint density at radius 3 is 2.54 bits per heavy atom. The van der Waals surface area contributed by atoms with Crippen molar-refractivity contribution in [3.8, 4) is 6.07 Å². The Kier molecular flexibility index (Phi) is 3.53. The number of nitrogens with zero attached hydrogens (tertiary/aromatic N) is 1. The van der Waals surface area contributed by atoms with Gasteiger partial charge in [0, 0.05) is 5.75 Å². The Labute approximate surface area is 82.1 Å². The lowest BCUT2D eigenvalue weighted by atomic mass is 10.2. The predicted octanol–water partition coefficient (Wildman–Crippen LogP) is 2.79. The first-order chi connectivity index (χ1) is 6.22. The summed E-state index contributed by atoms with van der Waals surface area (Å²) in [7, 11) is 0. The second kappa shape index (κ2) is 4.68. The SMILES string of the molecule is CC(=N)SCc1ccc(C#N)cc1. The van der Waals surface area contributed by atoms with Crippen LogP contribution in [-0.2, 0) is 5.75 Å². The topological polar surface area (TPSA) is 47.6 Å². The second-order valence-corrected chi connectivity index (χ2v) is 3.84. The zero-order valence-electron chi connectivity index (χ0n) is 7.37. The molecule has 1 aromatic carbocycles. The number of hydrogen-bond acceptors (Lipinski definition) is 3. The quantitative estimate of drug-likeness (QED) is 0.575. The summed E-state index contributed by atoms with van der Waals surface area (Å²) in [6, 6.07) is 9.52. The molecule has 0 aliphatic heterocycles. The van der Waals surface area contributed by atoms with Gasteiger partial charge in [-0.05, 0) is 24.6 Å². The molecular formula is C10H10N2S. The first-order valence-electron chi connectivity index (χ1n) is 3.89. The van der Waals surface area contributed by atoms with E-state index in [4.69, 9.17) is 10.7 Å². The fourth-order valence-electron chi connectivity index (χ4n) is 0.867. The molecule has 66 valence electrons. The van der Waals surface area contributed by atoms with Crippen LogP contribution in [-0.4, -0.2) is 5.04 Å². The maximum atomic E-state index is 8.56. The monoisotopic (exact) mass is 190 g/mol. The fourth-order valence-corrected chi connectivity index (χ4v) is 1.44. The van der Waals surface area contributed by atoms with Gasteiger partial charge in [0.25, 0.3) is 0 Å². The van der Waals surface area contributed by atoms with Gasteiger partial charge >= 0.3 is 0 Å². The number of thioether (sulfide) groups is 1. The van der Waals surface area contributed by atoms with E-state index >= 15 is 0 Å². The standard InChI is InChI=1S/C10H10N2S/c1-8(12)13-7-10-4-2-9(6-11)3-5-10/h2-5,12H,7H2,1H3. The van der Waals surface area contributed by atoms with Gasteiger partial charge in [-0.3, -0.25) is 5.41 Å². The molecule has 0 atom stereocenters. The molecule has 0 fully saturated rings. The van der Waals surface area contributed by atoms with Crippen LogP contribution in [0, 0.1) is 16.7 Å². The molecule has 0 amide bonds. The van der Waals surface area contributed by atoms with Crippen LogP contribution in [0.1, 0.15) is 18.1 Å². The average Bonchev–Trinajstić information content (AvgIpc) is 2.15. The summed E-state index contributed by atoms with van der Waals surface area (Å²) in [5, 5.41) is 16.4. The van der Waals surface area contributed by atoms with E-state index in [2.05, 4.69) is 6.07 Å². The summed E-state index contributed by atoms with van der Waals surface area (Å²) in [6.45, 7) is 1.77. The number of nitrogens with one attached hydrogen (secondary N) is 1. The molecule has 0 spiro atoms. The molecule has 2 nitrogen and oxygen atoms in total. The summed E-state index contributed by atoms with van der Waals surface area (Å²) in [5.74, 6) is 0.807. The largest absolute Gasteiger partial charge is 0.299 e. The van der Waals surface area contributed by atoms with Crippen LogP contribution in [0.2, 0.25) is 0 Å². The average molecular weight is 190 g/mol. The van der Waals surface area contributed by atoms with Gasteiger partial charge in [-0.1, -0.05) is 12.1 Å². The van der Waals surface area contributed by atoms with Crippen LogP contribution in [0.15, 0.2) is 24.3 Å². The van der Waals surface area contributed by atoms with Gasteiger partial charge in [0.15, 0.2) is 0 Å². The van der Waals surface area contributed by atoms with Gasteiger partial charge in [0.05, 0.1) is 16.7 Å². The third-order valence-electron chi connectivity index (χ3n) is 1.54. The molecule has 0 aliphatic rings. The second-order valence-electron chi connectivity index (χ2n) is 2.65. The molecule has 0 saturated heterocycles. The minimum absolute atomic E-state index is 0.615. The molecule has 0 aromatic heterocycles. The van der Waals surface area contributed by atoms with Crippen LogP contribution in [0.5, 0.6) is 0 Å². The predicted molar refractivity (Wildman–Crippen MR) is 55.9 cm³/mol. The van der Waals surface area contributed by atoms with E-state index in [9.17, 15) is 0 Å². The summed E-state index contributed by atoms with van der Waals surface area (Å²) in [4.78, 5) is 0. The maximum Gasteiger partial charge on any atom is 0.0991 e. The van der Waals surface area contributed by atoms with E-state index in [1.54, 1.807) is 19.1 Å². The molecule has 0 saturated carbocycles. The number of rotatable bonds is 2. The fraction of sp³-hybridized carbons (Fsp3) is 0.200. The van der Waals surface area contributed by atoms with Crippen LogP contribution in [0.25, 0.3) is 0 Å². The molecule has 0 heterocycles. The van der Waals surface area contributed by atoms with Gasteiger partial charge in [-0.15, -0.1) is 11.8 Å². The highest BCUT2D eigenvalue weighted by Gasteiger charge is 1.95. The molecule has 1 rings (SSSR count). The molecule has 3 heteroatoms. The normalized spacial score (nSPS) is 9.23. The third-order valence-corrected chi connectivity index (χ3v) is 2.45. The number of benzene rings is 1. The van der Waals surface area contributed by atoms with E-state index in [0.717, 1.165) is 11.3 Å². The van der Waals surface area contributed by atoms with Gasteiger partial charge < -0.3 is 0 Å². The minimum atomic E-state index is 0.615.